The van der Waals surface area contributed by atoms with Crippen molar-refractivity contribution in [2.75, 3.05) is 20.2 Å². The van der Waals surface area contributed by atoms with Crippen LogP contribution in [0.1, 0.15) is 30.3 Å². The minimum absolute atomic E-state index is 0.0965. The first-order valence-corrected chi connectivity index (χ1v) is 9.76. The lowest BCUT2D eigenvalue weighted by Crippen LogP contribution is -2.35. The minimum atomic E-state index is -0.871. The summed E-state index contributed by atoms with van der Waals surface area (Å²) in [5.74, 6) is 1.21. The quantitative estimate of drug-likeness (QED) is 0.662. The number of piperidine rings is 1. The molecule has 4 rings (SSSR count). The average molecular weight is 395 g/mol. The highest BCUT2D eigenvalue weighted by Gasteiger charge is 2.25. The number of carboxylic acid groups (broad SMARTS) is 1. The molecule has 1 aliphatic heterocycles. The number of carbonyl (C=O) groups is 1. The van der Waals surface area contributed by atoms with Crippen LogP contribution in [0.15, 0.2) is 48.9 Å². The molecule has 2 aromatic heterocycles. The summed E-state index contributed by atoms with van der Waals surface area (Å²) in [4.78, 5) is 18.1. The normalized spacial score (nSPS) is 17.3. The third kappa shape index (κ3) is 4.32. The van der Waals surface area contributed by atoms with Gasteiger partial charge in [-0.1, -0.05) is 0 Å². The number of aromatic nitrogens is 4. The van der Waals surface area contributed by atoms with E-state index in [1.54, 1.807) is 18.0 Å². The molecule has 152 valence electrons. The van der Waals surface area contributed by atoms with Gasteiger partial charge in [0.05, 0.1) is 13.7 Å². The van der Waals surface area contributed by atoms with Crippen LogP contribution < -0.4 is 4.74 Å². The summed E-state index contributed by atoms with van der Waals surface area (Å²) >= 11 is 0. The fraction of sp³-hybridized carbons (Fsp3) is 0.381. The van der Waals surface area contributed by atoms with Crippen molar-refractivity contribution in [3.8, 4) is 11.4 Å². The number of aliphatic carboxylic acids is 1. The predicted octanol–water partition coefficient (Wildman–Crippen LogP) is 2.54. The van der Waals surface area contributed by atoms with Crippen molar-refractivity contribution in [3.05, 3.63) is 60.4 Å². The maximum Gasteiger partial charge on any atom is 0.325 e. The third-order valence-electron chi connectivity index (χ3n) is 5.39. The van der Waals surface area contributed by atoms with E-state index in [2.05, 4.69) is 19.5 Å². The smallest absolute Gasteiger partial charge is 0.325 e. The molecule has 0 spiro atoms. The van der Waals surface area contributed by atoms with Gasteiger partial charge in [-0.3, -0.25) is 14.4 Å². The highest BCUT2D eigenvalue weighted by atomic mass is 16.5. The summed E-state index contributed by atoms with van der Waals surface area (Å²) in [6.45, 7) is 2.50. The zero-order chi connectivity index (χ0) is 20.2. The van der Waals surface area contributed by atoms with Crippen molar-refractivity contribution in [2.24, 2.45) is 0 Å². The molecule has 3 aromatic rings. The molecule has 1 fully saturated rings. The number of ether oxygens (including phenoxy) is 1. The second-order valence-electron chi connectivity index (χ2n) is 7.29. The SMILES string of the molecule is COc1ccc(-n2ccnc2CN2CCC[C@@H](c3ccnn3CC(=O)O)C2)cc1. The molecule has 1 N–H and O–H groups in total. The van der Waals surface area contributed by atoms with Crippen LogP contribution >= 0.6 is 0 Å². The molecule has 1 saturated heterocycles. The van der Waals surface area contributed by atoms with E-state index >= 15 is 0 Å². The van der Waals surface area contributed by atoms with Crippen LogP contribution in [0, 0.1) is 0 Å². The van der Waals surface area contributed by atoms with Gasteiger partial charge in [0.25, 0.3) is 0 Å². The molecule has 0 bridgehead atoms. The zero-order valence-electron chi connectivity index (χ0n) is 16.4. The van der Waals surface area contributed by atoms with Crippen molar-refractivity contribution in [1.82, 2.24) is 24.2 Å². The Labute approximate surface area is 169 Å². The Morgan fingerprint density at radius 2 is 2.07 bits per heavy atom. The van der Waals surface area contributed by atoms with E-state index in [1.807, 2.05) is 42.7 Å². The molecule has 0 amide bonds. The lowest BCUT2D eigenvalue weighted by Gasteiger charge is -2.32. The Morgan fingerprint density at radius 1 is 1.24 bits per heavy atom. The molecule has 1 aromatic carbocycles. The molecule has 0 saturated carbocycles. The van der Waals surface area contributed by atoms with Crippen LogP contribution in [0.3, 0.4) is 0 Å². The summed E-state index contributed by atoms with van der Waals surface area (Å²) < 4.78 is 8.94. The number of carboxylic acids is 1. The van der Waals surface area contributed by atoms with Crippen molar-refractivity contribution in [3.63, 3.8) is 0 Å². The van der Waals surface area contributed by atoms with Gasteiger partial charge in [0.15, 0.2) is 0 Å². The topological polar surface area (TPSA) is 85.4 Å². The van der Waals surface area contributed by atoms with Gasteiger partial charge in [0, 0.05) is 42.4 Å². The number of rotatable bonds is 7. The van der Waals surface area contributed by atoms with E-state index in [0.29, 0.717) is 0 Å². The number of imidazole rings is 1. The molecule has 0 radical (unpaired) electrons. The molecular formula is C21H25N5O3. The molecule has 3 heterocycles. The molecule has 1 atom stereocenters. The van der Waals surface area contributed by atoms with Crippen LogP contribution in [-0.2, 0) is 17.9 Å². The fourth-order valence-electron chi connectivity index (χ4n) is 4.02. The largest absolute Gasteiger partial charge is 0.497 e. The number of hydrogen-bond acceptors (Lipinski definition) is 5. The van der Waals surface area contributed by atoms with Crippen molar-refractivity contribution in [1.29, 1.82) is 0 Å². The number of methoxy groups -OCH3 is 1. The van der Waals surface area contributed by atoms with Gasteiger partial charge >= 0.3 is 5.97 Å². The summed E-state index contributed by atoms with van der Waals surface area (Å²) in [5.41, 5.74) is 2.04. The summed E-state index contributed by atoms with van der Waals surface area (Å²) in [6.07, 6.45) is 7.58. The van der Waals surface area contributed by atoms with Crippen molar-refractivity contribution in [2.45, 2.75) is 31.8 Å². The van der Waals surface area contributed by atoms with Crippen LogP contribution in [0.4, 0.5) is 0 Å². The molecule has 0 aliphatic carbocycles. The van der Waals surface area contributed by atoms with Crippen LogP contribution in [-0.4, -0.2) is 55.5 Å². The number of likely N-dealkylation sites (tertiary alicyclic amines) is 1. The van der Waals surface area contributed by atoms with E-state index in [9.17, 15) is 4.79 Å². The van der Waals surface area contributed by atoms with Crippen molar-refractivity contribution < 1.29 is 14.6 Å². The lowest BCUT2D eigenvalue weighted by atomic mass is 9.94. The first-order valence-electron chi connectivity index (χ1n) is 9.76. The average Bonchev–Trinajstić information content (AvgIpc) is 3.37. The van der Waals surface area contributed by atoms with Gasteiger partial charge in [0.2, 0.25) is 0 Å². The highest BCUT2D eigenvalue weighted by molar-refractivity contribution is 5.66. The van der Waals surface area contributed by atoms with E-state index in [-0.39, 0.29) is 12.5 Å². The summed E-state index contributed by atoms with van der Waals surface area (Å²) in [6, 6.07) is 9.87. The summed E-state index contributed by atoms with van der Waals surface area (Å²) in [7, 11) is 1.66. The Balaban J connectivity index is 1.47. The fourth-order valence-corrected chi connectivity index (χ4v) is 4.02. The second-order valence-corrected chi connectivity index (χ2v) is 7.29. The zero-order valence-corrected chi connectivity index (χ0v) is 16.4. The summed E-state index contributed by atoms with van der Waals surface area (Å²) in [5, 5.41) is 13.3. The number of benzene rings is 1. The lowest BCUT2D eigenvalue weighted by molar-refractivity contribution is -0.137. The van der Waals surface area contributed by atoms with Crippen LogP contribution in [0.25, 0.3) is 5.69 Å². The van der Waals surface area contributed by atoms with Crippen molar-refractivity contribution >= 4 is 5.97 Å². The molecule has 29 heavy (non-hydrogen) atoms. The van der Waals surface area contributed by atoms with E-state index in [1.165, 1.54) is 0 Å². The maximum atomic E-state index is 11.1. The minimum Gasteiger partial charge on any atom is -0.497 e. The monoisotopic (exact) mass is 395 g/mol. The standard InChI is InChI=1S/C21H25N5O3/c1-29-18-6-4-17(5-7-18)25-12-10-22-20(25)14-24-11-2-3-16(13-24)19-8-9-23-26(19)15-21(27)28/h4-10,12,16H,2-3,11,13-15H2,1H3,(H,27,28)/t16-/m1/s1. The van der Waals surface area contributed by atoms with Gasteiger partial charge in [0.1, 0.15) is 18.1 Å². The first kappa shape index (κ1) is 19.2. The van der Waals surface area contributed by atoms with E-state index < -0.39 is 5.97 Å². The molecule has 8 heteroatoms. The molecule has 8 nitrogen and oxygen atoms in total. The Morgan fingerprint density at radius 3 is 2.83 bits per heavy atom. The number of hydrogen-bond donors (Lipinski definition) is 1. The van der Waals surface area contributed by atoms with Gasteiger partial charge in [-0.15, -0.1) is 0 Å². The molecule has 0 unspecified atom stereocenters. The van der Waals surface area contributed by atoms with Gasteiger partial charge in [-0.2, -0.15) is 5.10 Å². The van der Waals surface area contributed by atoms with E-state index in [0.717, 1.165) is 55.4 Å². The Hall–Kier alpha value is -3.13. The first-order chi connectivity index (χ1) is 14.1. The molecular weight excluding hydrogens is 370 g/mol. The van der Waals surface area contributed by atoms with Gasteiger partial charge in [-0.25, -0.2) is 4.98 Å². The second kappa shape index (κ2) is 8.48. The third-order valence-corrected chi connectivity index (χ3v) is 5.39. The van der Waals surface area contributed by atoms with Crippen LogP contribution in [0.5, 0.6) is 5.75 Å². The Bertz CT molecular complexity index is 963. The Kier molecular flexibility index (Phi) is 5.62. The highest BCUT2D eigenvalue weighted by Crippen LogP contribution is 2.28. The predicted molar refractivity (Wildman–Crippen MR) is 107 cm³/mol. The van der Waals surface area contributed by atoms with Gasteiger partial charge < -0.3 is 14.4 Å². The number of nitrogens with zero attached hydrogens (tertiary/aromatic N) is 5. The molecule has 1 aliphatic rings. The van der Waals surface area contributed by atoms with Gasteiger partial charge in [-0.05, 0) is 49.7 Å². The van der Waals surface area contributed by atoms with Crippen LogP contribution in [0.2, 0.25) is 0 Å². The van der Waals surface area contributed by atoms with E-state index in [4.69, 9.17) is 9.84 Å². The maximum absolute atomic E-state index is 11.1.